The van der Waals surface area contributed by atoms with Crippen molar-refractivity contribution < 1.29 is 29.0 Å². The number of aliphatic carboxylic acids is 1. The highest BCUT2D eigenvalue weighted by Crippen LogP contribution is 2.23. The van der Waals surface area contributed by atoms with Crippen molar-refractivity contribution in [3.05, 3.63) is 11.5 Å². The third-order valence-electron chi connectivity index (χ3n) is 1.93. The van der Waals surface area contributed by atoms with E-state index in [1.165, 1.54) is 21.3 Å². The zero-order valence-corrected chi connectivity index (χ0v) is 9.01. The summed E-state index contributed by atoms with van der Waals surface area (Å²) in [6.45, 7) is 0. The van der Waals surface area contributed by atoms with Gasteiger partial charge in [-0.2, -0.15) is 0 Å². The monoisotopic (exact) mass is 232 g/mol. The maximum Gasteiger partial charge on any atom is 0.408 e. The van der Waals surface area contributed by atoms with Gasteiger partial charge < -0.3 is 19.4 Å². The molecule has 8 nitrogen and oxygen atoms in total. The highest BCUT2D eigenvalue weighted by Gasteiger charge is 2.38. The molecular formula is C8H12N2O6. The predicted octanol–water partition coefficient (Wildman–Crippen LogP) is -0.512. The van der Waals surface area contributed by atoms with Gasteiger partial charge in [-0.3, -0.25) is 5.32 Å². The van der Waals surface area contributed by atoms with Crippen LogP contribution in [0.4, 0.5) is 4.79 Å². The van der Waals surface area contributed by atoms with Crippen molar-refractivity contribution in [2.75, 3.05) is 21.3 Å². The Bertz CT molecular complexity index is 339. The Labute approximate surface area is 91.3 Å². The standard InChI is InChI=1S/C8H12N2O6/c1-10-6(9-8(13)15-3)4(14-2)5(16-10)7(11)12/h6H,1-3H3,(H,9,13)(H,11,12). The Balaban J connectivity index is 2.90. The number of hydrogen-bond acceptors (Lipinski definition) is 6. The number of nitrogens with one attached hydrogen (secondary N) is 1. The zero-order valence-electron chi connectivity index (χ0n) is 9.01. The summed E-state index contributed by atoms with van der Waals surface area (Å²) in [4.78, 5) is 26.7. The van der Waals surface area contributed by atoms with Gasteiger partial charge in [-0.25, -0.2) is 9.59 Å². The van der Waals surface area contributed by atoms with Gasteiger partial charge in [0.05, 0.1) is 14.2 Å². The van der Waals surface area contributed by atoms with E-state index in [-0.39, 0.29) is 11.5 Å². The summed E-state index contributed by atoms with van der Waals surface area (Å²) in [6, 6.07) is 0. The van der Waals surface area contributed by atoms with E-state index >= 15 is 0 Å². The maximum atomic E-state index is 11.0. The van der Waals surface area contributed by atoms with Crippen molar-refractivity contribution in [3.8, 4) is 0 Å². The van der Waals surface area contributed by atoms with E-state index in [9.17, 15) is 9.59 Å². The number of hydrogen-bond donors (Lipinski definition) is 2. The third kappa shape index (κ3) is 2.16. The molecule has 1 aliphatic heterocycles. The number of likely N-dealkylation sites (N-methyl/N-ethyl adjacent to an activating group) is 1. The Hall–Kier alpha value is -1.96. The second-order valence-corrected chi connectivity index (χ2v) is 2.88. The van der Waals surface area contributed by atoms with E-state index < -0.39 is 18.2 Å². The lowest BCUT2D eigenvalue weighted by molar-refractivity contribution is -0.149. The van der Waals surface area contributed by atoms with Gasteiger partial charge in [0.25, 0.3) is 5.76 Å². The molecule has 1 unspecified atom stereocenters. The summed E-state index contributed by atoms with van der Waals surface area (Å²) < 4.78 is 9.27. The molecule has 0 bridgehead atoms. The van der Waals surface area contributed by atoms with Crippen LogP contribution < -0.4 is 5.32 Å². The summed E-state index contributed by atoms with van der Waals surface area (Å²) in [5.74, 6) is -1.65. The molecule has 8 heteroatoms. The lowest BCUT2D eigenvalue weighted by atomic mass is 10.3. The van der Waals surface area contributed by atoms with Crippen LogP contribution in [0.5, 0.6) is 0 Å². The fraction of sp³-hybridized carbons (Fsp3) is 0.500. The van der Waals surface area contributed by atoms with Gasteiger partial charge in [0, 0.05) is 7.05 Å². The largest absolute Gasteiger partial charge is 0.493 e. The van der Waals surface area contributed by atoms with Crippen LogP contribution in [-0.2, 0) is 19.1 Å². The number of rotatable bonds is 3. The smallest absolute Gasteiger partial charge is 0.408 e. The fourth-order valence-corrected chi connectivity index (χ4v) is 1.21. The van der Waals surface area contributed by atoms with Crippen LogP contribution in [0.2, 0.25) is 0 Å². The topological polar surface area (TPSA) is 97.3 Å². The molecule has 0 spiro atoms. The van der Waals surface area contributed by atoms with Crippen molar-refractivity contribution in [1.29, 1.82) is 0 Å². The minimum atomic E-state index is -1.28. The molecular weight excluding hydrogens is 220 g/mol. The Morgan fingerprint density at radius 3 is 2.56 bits per heavy atom. The van der Waals surface area contributed by atoms with Gasteiger partial charge in [0.2, 0.25) is 0 Å². The van der Waals surface area contributed by atoms with Gasteiger partial charge in [-0.1, -0.05) is 0 Å². The van der Waals surface area contributed by atoms with E-state index in [4.69, 9.17) is 14.7 Å². The van der Waals surface area contributed by atoms with Crippen LogP contribution in [0, 0.1) is 0 Å². The molecule has 0 saturated heterocycles. The van der Waals surface area contributed by atoms with Crippen LogP contribution in [0.1, 0.15) is 0 Å². The van der Waals surface area contributed by atoms with Crippen molar-refractivity contribution in [1.82, 2.24) is 10.4 Å². The highest BCUT2D eigenvalue weighted by molar-refractivity contribution is 5.85. The van der Waals surface area contributed by atoms with E-state index in [1.807, 2.05) is 0 Å². The van der Waals surface area contributed by atoms with Gasteiger partial charge in [0.15, 0.2) is 11.9 Å². The number of hydroxylamine groups is 2. The molecule has 0 aromatic rings. The number of carbonyl (C=O) groups is 2. The molecule has 1 atom stereocenters. The summed E-state index contributed by atoms with van der Waals surface area (Å²) in [6.07, 6.45) is -1.55. The van der Waals surface area contributed by atoms with Crippen molar-refractivity contribution in [2.45, 2.75) is 6.17 Å². The Kier molecular flexibility index (Phi) is 3.56. The molecule has 16 heavy (non-hydrogen) atoms. The first-order valence-electron chi connectivity index (χ1n) is 4.28. The average molecular weight is 232 g/mol. The van der Waals surface area contributed by atoms with Crippen LogP contribution in [0.15, 0.2) is 11.5 Å². The van der Waals surface area contributed by atoms with E-state index in [2.05, 4.69) is 10.1 Å². The van der Waals surface area contributed by atoms with Crippen molar-refractivity contribution >= 4 is 12.1 Å². The quantitative estimate of drug-likeness (QED) is 0.676. The van der Waals surface area contributed by atoms with Gasteiger partial charge in [-0.15, -0.1) is 5.06 Å². The third-order valence-corrected chi connectivity index (χ3v) is 1.93. The lowest BCUT2D eigenvalue weighted by Gasteiger charge is -2.19. The zero-order chi connectivity index (χ0) is 12.3. The van der Waals surface area contributed by atoms with Crippen molar-refractivity contribution in [3.63, 3.8) is 0 Å². The molecule has 0 fully saturated rings. The maximum absolute atomic E-state index is 11.0. The summed E-state index contributed by atoms with van der Waals surface area (Å²) >= 11 is 0. The minimum Gasteiger partial charge on any atom is -0.493 e. The summed E-state index contributed by atoms with van der Waals surface area (Å²) in [5.41, 5.74) is 0. The second-order valence-electron chi connectivity index (χ2n) is 2.88. The van der Waals surface area contributed by atoms with E-state index in [0.717, 1.165) is 5.06 Å². The highest BCUT2D eigenvalue weighted by atomic mass is 16.7. The lowest BCUT2D eigenvalue weighted by Crippen LogP contribution is -2.44. The first kappa shape index (κ1) is 12.1. The molecule has 2 N–H and O–H groups in total. The number of amides is 1. The van der Waals surface area contributed by atoms with Crippen molar-refractivity contribution in [2.24, 2.45) is 0 Å². The van der Waals surface area contributed by atoms with Crippen LogP contribution in [0.3, 0.4) is 0 Å². The summed E-state index contributed by atoms with van der Waals surface area (Å²) in [7, 11) is 3.93. The minimum absolute atomic E-state index is 0.000370. The number of nitrogens with zero attached hydrogens (tertiary/aromatic N) is 1. The molecule has 0 aliphatic carbocycles. The molecule has 0 aromatic carbocycles. The average Bonchev–Trinajstić information content (AvgIpc) is 2.56. The number of carbonyl (C=O) groups excluding carboxylic acids is 1. The normalized spacial score (nSPS) is 20.3. The molecule has 0 aromatic heterocycles. The number of ether oxygens (including phenoxy) is 2. The molecule has 1 heterocycles. The van der Waals surface area contributed by atoms with E-state index in [0.29, 0.717) is 0 Å². The molecule has 0 radical (unpaired) electrons. The van der Waals surface area contributed by atoms with Gasteiger partial charge in [-0.05, 0) is 0 Å². The first-order chi connectivity index (χ1) is 7.51. The number of alkyl carbamates (subject to hydrolysis) is 1. The molecule has 1 rings (SSSR count). The fourth-order valence-electron chi connectivity index (χ4n) is 1.21. The predicted molar refractivity (Wildman–Crippen MR) is 49.8 cm³/mol. The summed E-state index contributed by atoms with van der Waals surface area (Å²) in [5, 5.41) is 12.3. The van der Waals surface area contributed by atoms with Crippen LogP contribution >= 0.6 is 0 Å². The number of carboxylic acid groups (broad SMARTS) is 1. The number of methoxy groups -OCH3 is 2. The second kappa shape index (κ2) is 4.71. The SMILES string of the molecule is COC(=O)NC1C(OC)=C(C(=O)O)ON1C. The van der Waals surface area contributed by atoms with E-state index in [1.54, 1.807) is 0 Å². The molecule has 1 aliphatic rings. The van der Waals surface area contributed by atoms with Gasteiger partial charge >= 0.3 is 12.1 Å². The molecule has 90 valence electrons. The molecule has 0 saturated carbocycles. The van der Waals surface area contributed by atoms with Crippen LogP contribution in [0.25, 0.3) is 0 Å². The van der Waals surface area contributed by atoms with Gasteiger partial charge in [0.1, 0.15) is 0 Å². The molecule has 1 amide bonds. The number of carboxylic acids is 1. The Morgan fingerprint density at radius 1 is 1.50 bits per heavy atom. The first-order valence-corrected chi connectivity index (χ1v) is 4.28. The Morgan fingerprint density at radius 2 is 2.12 bits per heavy atom. The van der Waals surface area contributed by atoms with Crippen LogP contribution in [-0.4, -0.2) is 49.7 Å².